The molecule has 98 valence electrons. The fraction of sp³-hybridized carbons (Fsp3) is 0.500. The Morgan fingerprint density at radius 3 is 2.78 bits per heavy atom. The molecule has 1 amide bonds. The Labute approximate surface area is 108 Å². The highest BCUT2D eigenvalue weighted by atomic mass is 16.5. The number of carbonyl (C=O) groups excluding carboxylic acids is 1. The molecule has 0 spiro atoms. The number of anilines is 1. The molecule has 0 aromatic heterocycles. The first kappa shape index (κ1) is 12.9. The Morgan fingerprint density at radius 1 is 1.39 bits per heavy atom. The summed E-state index contributed by atoms with van der Waals surface area (Å²) in [6.07, 6.45) is 1.13. The standard InChI is InChI=1S/C14H20N2O2/c1-2-15-14(17)12-3-5-13(6-4-12)16-9-11-7-8-18-10-11/h3-6,11,16H,2,7-10H2,1H3,(H,15,17). The molecule has 2 rings (SSSR count). The van der Waals surface area contributed by atoms with E-state index in [9.17, 15) is 4.79 Å². The number of ether oxygens (including phenoxy) is 1. The molecular weight excluding hydrogens is 228 g/mol. The van der Waals surface area contributed by atoms with E-state index in [2.05, 4.69) is 10.6 Å². The molecule has 0 aliphatic carbocycles. The summed E-state index contributed by atoms with van der Waals surface area (Å²) in [5.74, 6) is 0.585. The quantitative estimate of drug-likeness (QED) is 0.836. The van der Waals surface area contributed by atoms with E-state index in [1.54, 1.807) is 0 Å². The van der Waals surface area contributed by atoms with Gasteiger partial charge in [0.2, 0.25) is 0 Å². The van der Waals surface area contributed by atoms with Crippen LogP contribution in [0.4, 0.5) is 5.69 Å². The van der Waals surface area contributed by atoms with Crippen molar-refractivity contribution < 1.29 is 9.53 Å². The maximum atomic E-state index is 11.6. The summed E-state index contributed by atoms with van der Waals surface area (Å²) >= 11 is 0. The second-order valence-corrected chi connectivity index (χ2v) is 4.55. The van der Waals surface area contributed by atoms with E-state index >= 15 is 0 Å². The van der Waals surface area contributed by atoms with Crippen molar-refractivity contribution in [1.82, 2.24) is 5.32 Å². The zero-order chi connectivity index (χ0) is 12.8. The van der Waals surface area contributed by atoms with Crippen LogP contribution >= 0.6 is 0 Å². The molecule has 2 N–H and O–H groups in total. The van der Waals surface area contributed by atoms with Crippen LogP contribution in [0.3, 0.4) is 0 Å². The highest BCUT2D eigenvalue weighted by molar-refractivity contribution is 5.94. The van der Waals surface area contributed by atoms with Gasteiger partial charge in [0.25, 0.3) is 5.91 Å². The lowest BCUT2D eigenvalue weighted by Gasteiger charge is -2.11. The lowest BCUT2D eigenvalue weighted by Crippen LogP contribution is -2.22. The van der Waals surface area contributed by atoms with Crippen molar-refractivity contribution in [2.24, 2.45) is 5.92 Å². The normalized spacial score (nSPS) is 18.6. The van der Waals surface area contributed by atoms with E-state index in [0.29, 0.717) is 18.0 Å². The highest BCUT2D eigenvalue weighted by Crippen LogP contribution is 2.15. The van der Waals surface area contributed by atoms with Crippen LogP contribution in [0.5, 0.6) is 0 Å². The van der Waals surface area contributed by atoms with E-state index in [0.717, 1.165) is 31.9 Å². The van der Waals surface area contributed by atoms with Crippen molar-refractivity contribution in [2.45, 2.75) is 13.3 Å². The summed E-state index contributed by atoms with van der Waals surface area (Å²) in [7, 11) is 0. The molecule has 1 heterocycles. The maximum absolute atomic E-state index is 11.6. The van der Waals surface area contributed by atoms with Crippen LogP contribution in [-0.2, 0) is 4.74 Å². The summed E-state index contributed by atoms with van der Waals surface area (Å²) in [4.78, 5) is 11.6. The number of hydrogen-bond acceptors (Lipinski definition) is 3. The molecule has 1 unspecified atom stereocenters. The van der Waals surface area contributed by atoms with Crippen LogP contribution in [0.2, 0.25) is 0 Å². The molecule has 18 heavy (non-hydrogen) atoms. The summed E-state index contributed by atoms with van der Waals surface area (Å²) < 4.78 is 5.33. The topological polar surface area (TPSA) is 50.4 Å². The zero-order valence-electron chi connectivity index (χ0n) is 10.7. The Balaban J connectivity index is 1.85. The predicted octanol–water partition coefficient (Wildman–Crippen LogP) is 1.88. The third kappa shape index (κ3) is 3.47. The largest absolute Gasteiger partial charge is 0.385 e. The maximum Gasteiger partial charge on any atom is 0.251 e. The van der Waals surface area contributed by atoms with Crippen molar-refractivity contribution in [3.8, 4) is 0 Å². The summed E-state index contributed by atoms with van der Waals surface area (Å²) in [6.45, 7) is 5.23. The zero-order valence-corrected chi connectivity index (χ0v) is 10.7. The molecular formula is C14H20N2O2. The SMILES string of the molecule is CCNC(=O)c1ccc(NCC2CCOC2)cc1. The number of rotatable bonds is 5. The fourth-order valence-corrected chi connectivity index (χ4v) is 2.01. The predicted molar refractivity (Wildman–Crippen MR) is 71.9 cm³/mol. The number of benzene rings is 1. The molecule has 1 saturated heterocycles. The Hall–Kier alpha value is -1.55. The van der Waals surface area contributed by atoms with Gasteiger partial charge in [-0.1, -0.05) is 0 Å². The van der Waals surface area contributed by atoms with E-state index < -0.39 is 0 Å². The molecule has 1 atom stereocenters. The van der Waals surface area contributed by atoms with E-state index in [4.69, 9.17) is 4.74 Å². The van der Waals surface area contributed by atoms with Gasteiger partial charge in [0, 0.05) is 36.9 Å². The molecule has 1 aromatic carbocycles. The highest BCUT2D eigenvalue weighted by Gasteiger charge is 2.14. The van der Waals surface area contributed by atoms with Gasteiger partial charge in [0.05, 0.1) is 6.61 Å². The Morgan fingerprint density at radius 2 is 2.17 bits per heavy atom. The lowest BCUT2D eigenvalue weighted by molar-refractivity contribution is 0.0956. The molecule has 1 aliphatic heterocycles. The first-order chi connectivity index (χ1) is 8.79. The van der Waals surface area contributed by atoms with Gasteiger partial charge in [0.1, 0.15) is 0 Å². The molecule has 1 fully saturated rings. The number of nitrogens with one attached hydrogen (secondary N) is 2. The van der Waals surface area contributed by atoms with Gasteiger partial charge in [-0.25, -0.2) is 0 Å². The Bertz CT molecular complexity index is 383. The van der Waals surface area contributed by atoms with Gasteiger partial charge < -0.3 is 15.4 Å². The average molecular weight is 248 g/mol. The van der Waals surface area contributed by atoms with Gasteiger partial charge in [-0.3, -0.25) is 4.79 Å². The molecule has 4 heteroatoms. The molecule has 4 nitrogen and oxygen atoms in total. The molecule has 0 bridgehead atoms. The second-order valence-electron chi connectivity index (χ2n) is 4.55. The monoisotopic (exact) mass is 248 g/mol. The van der Waals surface area contributed by atoms with Crippen LogP contribution in [-0.4, -0.2) is 32.2 Å². The van der Waals surface area contributed by atoms with E-state index in [-0.39, 0.29) is 5.91 Å². The van der Waals surface area contributed by atoms with Gasteiger partial charge in [0.15, 0.2) is 0 Å². The van der Waals surface area contributed by atoms with Crippen molar-refractivity contribution in [1.29, 1.82) is 0 Å². The van der Waals surface area contributed by atoms with Crippen LogP contribution < -0.4 is 10.6 Å². The number of hydrogen-bond donors (Lipinski definition) is 2. The first-order valence-electron chi connectivity index (χ1n) is 6.49. The minimum atomic E-state index is -0.0201. The smallest absolute Gasteiger partial charge is 0.251 e. The number of amides is 1. The minimum absolute atomic E-state index is 0.0201. The van der Waals surface area contributed by atoms with Crippen LogP contribution in [0, 0.1) is 5.92 Å². The molecule has 0 radical (unpaired) electrons. The third-order valence-corrected chi connectivity index (χ3v) is 3.10. The van der Waals surface area contributed by atoms with Gasteiger partial charge in [-0.2, -0.15) is 0 Å². The third-order valence-electron chi connectivity index (χ3n) is 3.10. The minimum Gasteiger partial charge on any atom is -0.385 e. The molecule has 1 aliphatic rings. The summed E-state index contributed by atoms with van der Waals surface area (Å²) in [5, 5.41) is 6.16. The van der Waals surface area contributed by atoms with Crippen molar-refractivity contribution >= 4 is 11.6 Å². The lowest BCUT2D eigenvalue weighted by atomic mass is 10.1. The van der Waals surface area contributed by atoms with Crippen molar-refractivity contribution in [2.75, 3.05) is 31.6 Å². The van der Waals surface area contributed by atoms with Gasteiger partial charge >= 0.3 is 0 Å². The van der Waals surface area contributed by atoms with E-state index in [1.165, 1.54) is 0 Å². The van der Waals surface area contributed by atoms with Crippen LogP contribution in [0.1, 0.15) is 23.7 Å². The number of carbonyl (C=O) groups is 1. The summed E-state index contributed by atoms with van der Waals surface area (Å²) in [5.41, 5.74) is 1.75. The van der Waals surface area contributed by atoms with Crippen LogP contribution in [0.15, 0.2) is 24.3 Å². The second kappa shape index (κ2) is 6.40. The first-order valence-corrected chi connectivity index (χ1v) is 6.49. The molecule has 1 aromatic rings. The fourth-order valence-electron chi connectivity index (χ4n) is 2.01. The van der Waals surface area contributed by atoms with Crippen molar-refractivity contribution in [3.05, 3.63) is 29.8 Å². The average Bonchev–Trinajstić information content (AvgIpc) is 2.90. The molecule has 0 saturated carbocycles. The van der Waals surface area contributed by atoms with Crippen LogP contribution in [0.25, 0.3) is 0 Å². The summed E-state index contributed by atoms with van der Waals surface area (Å²) in [6, 6.07) is 7.58. The van der Waals surface area contributed by atoms with Gasteiger partial charge in [-0.05, 0) is 37.6 Å². The van der Waals surface area contributed by atoms with E-state index in [1.807, 2.05) is 31.2 Å². The Kier molecular flexibility index (Phi) is 4.59. The van der Waals surface area contributed by atoms with Crippen molar-refractivity contribution in [3.63, 3.8) is 0 Å². The van der Waals surface area contributed by atoms with Gasteiger partial charge in [-0.15, -0.1) is 0 Å².